The number of carbonyl (C=O) groups is 1. The lowest BCUT2D eigenvalue weighted by Crippen LogP contribution is -2.20. The summed E-state index contributed by atoms with van der Waals surface area (Å²) in [5.74, 6) is 1.16. The van der Waals surface area contributed by atoms with Crippen LogP contribution in [0.5, 0.6) is 11.5 Å². The van der Waals surface area contributed by atoms with Crippen LogP contribution in [0.15, 0.2) is 82.6 Å². The van der Waals surface area contributed by atoms with Crippen molar-refractivity contribution in [3.63, 3.8) is 0 Å². The Morgan fingerprint density at radius 2 is 1.57 bits per heavy atom. The Hall–Kier alpha value is -2.63. The summed E-state index contributed by atoms with van der Waals surface area (Å²) in [5.41, 5.74) is 0.739. The molecule has 0 bridgehead atoms. The molecule has 0 atom stereocenters. The van der Waals surface area contributed by atoms with Gasteiger partial charge in [-0.05, 0) is 67.6 Å². The summed E-state index contributed by atoms with van der Waals surface area (Å²) >= 11 is 7.49. The normalized spacial score (nSPS) is 10.4. The van der Waals surface area contributed by atoms with Gasteiger partial charge in [-0.1, -0.05) is 35.5 Å². The Balaban J connectivity index is 1.58. The number of halogens is 1. The van der Waals surface area contributed by atoms with E-state index in [-0.39, 0.29) is 12.5 Å². The van der Waals surface area contributed by atoms with Crippen molar-refractivity contribution in [2.24, 2.45) is 0 Å². The number of benzene rings is 3. The molecule has 0 aliphatic heterocycles. The largest absolute Gasteiger partial charge is 0.494 e. The SMILES string of the molecule is CCOc1ccc(OCC(=O)Nc2ccccc2Sc2ccc(Cl)cc2)cc1. The molecular weight excluding hydrogens is 394 g/mol. The van der Waals surface area contributed by atoms with Crippen molar-refractivity contribution in [3.8, 4) is 11.5 Å². The van der Waals surface area contributed by atoms with Crippen molar-refractivity contribution in [1.29, 1.82) is 0 Å². The van der Waals surface area contributed by atoms with Gasteiger partial charge in [0.15, 0.2) is 6.61 Å². The zero-order valence-electron chi connectivity index (χ0n) is 15.4. The van der Waals surface area contributed by atoms with E-state index < -0.39 is 0 Å². The van der Waals surface area contributed by atoms with Crippen molar-refractivity contribution < 1.29 is 14.3 Å². The quantitative estimate of drug-likeness (QED) is 0.498. The second-order valence-electron chi connectivity index (χ2n) is 5.79. The molecule has 1 amide bonds. The minimum Gasteiger partial charge on any atom is -0.494 e. The molecule has 0 aliphatic carbocycles. The fourth-order valence-corrected chi connectivity index (χ4v) is 3.45. The first-order valence-electron chi connectivity index (χ1n) is 8.82. The van der Waals surface area contributed by atoms with Crippen molar-refractivity contribution in [2.75, 3.05) is 18.5 Å². The molecule has 4 nitrogen and oxygen atoms in total. The van der Waals surface area contributed by atoms with Crippen LogP contribution in [0.4, 0.5) is 5.69 Å². The Bertz CT molecular complexity index is 914. The van der Waals surface area contributed by atoms with Gasteiger partial charge in [0.1, 0.15) is 11.5 Å². The first-order chi connectivity index (χ1) is 13.6. The average molecular weight is 414 g/mol. The van der Waals surface area contributed by atoms with Crippen molar-refractivity contribution in [2.45, 2.75) is 16.7 Å². The van der Waals surface area contributed by atoms with Gasteiger partial charge in [0, 0.05) is 14.8 Å². The maximum absolute atomic E-state index is 12.3. The van der Waals surface area contributed by atoms with E-state index in [0.717, 1.165) is 21.2 Å². The van der Waals surface area contributed by atoms with Gasteiger partial charge in [0.2, 0.25) is 0 Å². The van der Waals surface area contributed by atoms with Crippen LogP contribution in [0.2, 0.25) is 5.02 Å². The Morgan fingerprint density at radius 3 is 2.25 bits per heavy atom. The number of amides is 1. The van der Waals surface area contributed by atoms with E-state index >= 15 is 0 Å². The topological polar surface area (TPSA) is 47.6 Å². The smallest absolute Gasteiger partial charge is 0.262 e. The number of nitrogens with one attached hydrogen (secondary N) is 1. The third-order valence-electron chi connectivity index (χ3n) is 3.71. The molecule has 3 aromatic carbocycles. The zero-order valence-corrected chi connectivity index (χ0v) is 16.9. The third kappa shape index (κ3) is 5.94. The van der Waals surface area contributed by atoms with Crippen molar-refractivity contribution >= 4 is 35.0 Å². The van der Waals surface area contributed by atoms with E-state index in [4.69, 9.17) is 21.1 Å². The van der Waals surface area contributed by atoms with Gasteiger partial charge in [-0.25, -0.2) is 0 Å². The molecule has 1 N–H and O–H groups in total. The Kier molecular flexibility index (Phi) is 7.23. The molecule has 3 aromatic rings. The van der Waals surface area contributed by atoms with Crippen LogP contribution in [0.3, 0.4) is 0 Å². The molecule has 0 saturated heterocycles. The summed E-state index contributed by atoms with van der Waals surface area (Å²) in [6, 6.07) is 22.4. The van der Waals surface area contributed by atoms with Gasteiger partial charge < -0.3 is 14.8 Å². The highest BCUT2D eigenvalue weighted by molar-refractivity contribution is 7.99. The molecule has 0 heterocycles. The molecule has 0 unspecified atom stereocenters. The summed E-state index contributed by atoms with van der Waals surface area (Å²) in [6.07, 6.45) is 0. The third-order valence-corrected chi connectivity index (χ3v) is 5.04. The molecule has 0 aromatic heterocycles. The lowest BCUT2D eigenvalue weighted by molar-refractivity contribution is -0.118. The van der Waals surface area contributed by atoms with Gasteiger partial charge in [-0.3, -0.25) is 4.79 Å². The molecular formula is C22H20ClNO3S. The molecule has 28 heavy (non-hydrogen) atoms. The minimum atomic E-state index is -0.224. The zero-order chi connectivity index (χ0) is 19.8. The number of anilines is 1. The van der Waals surface area contributed by atoms with E-state index in [1.807, 2.05) is 67.6 Å². The first-order valence-corrected chi connectivity index (χ1v) is 10.0. The Labute approximate surface area is 173 Å². The van der Waals surface area contributed by atoms with Gasteiger partial charge in [-0.15, -0.1) is 0 Å². The number of rotatable bonds is 8. The van der Waals surface area contributed by atoms with Crippen molar-refractivity contribution in [3.05, 3.63) is 77.8 Å². The summed E-state index contributed by atoms with van der Waals surface area (Å²) in [5, 5.41) is 3.60. The summed E-state index contributed by atoms with van der Waals surface area (Å²) < 4.78 is 10.9. The highest BCUT2D eigenvalue weighted by Crippen LogP contribution is 2.33. The van der Waals surface area contributed by atoms with E-state index in [2.05, 4.69) is 5.32 Å². The number of ether oxygens (including phenoxy) is 2. The molecule has 0 aliphatic rings. The second kappa shape index (κ2) is 10.1. The van der Waals surface area contributed by atoms with Crippen molar-refractivity contribution in [1.82, 2.24) is 0 Å². The van der Waals surface area contributed by atoms with Crippen LogP contribution in [-0.2, 0) is 4.79 Å². The Morgan fingerprint density at radius 1 is 0.929 bits per heavy atom. The molecule has 0 saturated carbocycles. The minimum absolute atomic E-state index is 0.0755. The second-order valence-corrected chi connectivity index (χ2v) is 7.35. The first kappa shape index (κ1) is 20.1. The molecule has 0 spiro atoms. The summed E-state index contributed by atoms with van der Waals surface area (Å²) in [6.45, 7) is 2.46. The van der Waals surface area contributed by atoms with Crippen LogP contribution < -0.4 is 14.8 Å². The fraction of sp³-hybridized carbons (Fsp3) is 0.136. The predicted molar refractivity (Wildman–Crippen MR) is 114 cm³/mol. The number of hydrogen-bond donors (Lipinski definition) is 1. The van der Waals surface area contributed by atoms with Gasteiger partial charge >= 0.3 is 0 Å². The maximum atomic E-state index is 12.3. The van der Waals surface area contributed by atoms with Gasteiger partial charge in [0.05, 0.1) is 12.3 Å². The number of carbonyl (C=O) groups excluding carboxylic acids is 1. The fourth-order valence-electron chi connectivity index (χ4n) is 2.42. The lowest BCUT2D eigenvalue weighted by Gasteiger charge is -2.12. The molecule has 3 rings (SSSR count). The van der Waals surface area contributed by atoms with Crippen LogP contribution >= 0.6 is 23.4 Å². The van der Waals surface area contributed by atoms with Gasteiger partial charge in [-0.2, -0.15) is 0 Å². The van der Waals surface area contributed by atoms with Crippen LogP contribution in [0.25, 0.3) is 0 Å². The highest BCUT2D eigenvalue weighted by Gasteiger charge is 2.09. The van der Waals surface area contributed by atoms with Crippen LogP contribution in [-0.4, -0.2) is 19.1 Å². The molecule has 6 heteroatoms. The molecule has 0 radical (unpaired) electrons. The van der Waals surface area contributed by atoms with E-state index in [1.54, 1.807) is 23.9 Å². The van der Waals surface area contributed by atoms with Crippen LogP contribution in [0.1, 0.15) is 6.92 Å². The lowest BCUT2D eigenvalue weighted by atomic mass is 10.3. The molecule has 144 valence electrons. The monoisotopic (exact) mass is 413 g/mol. The summed E-state index contributed by atoms with van der Waals surface area (Å²) in [4.78, 5) is 14.3. The van der Waals surface area contributed by atoms with E-state index in [1.165, 1.54) is 0 Å². The van der Waals surface area contributed by atoms with E-state index in [0.29, 0.717) is 17.4 Å². The molecule has 0 fully saturated rings. The maximum Gasteiger partial charge on any atom is 0.262 e. The van der Waals surface area contributed by atoms with Gasteiger partial charge in [0.25, 0.3) is 5.91 Å². The average Bonchev–Trinajstić information content (AvgIpc) is 2.71. The number of para-hydroxylation sites is 1. The standard InChI is InChI=1S/C22H20ClNO3S/c1-2-26-17-9-11-18(12-10-17)27-15-22(25)24-20-5-3-4-6-21(20)28-19-13-7-16(23)8-14-19/h3-14H,2,15H2,1H3,(H,24,25). The number of hydrogen-bond acceptors (Lipinski definition) is 4. The van der Waals surface area contributed by atoms with E-state index in [9.17, 15) is 4.79 Å². The highest BCUT2D eigenvalue weighted by atomic mass is 35.5. The predicted octanol–water partition coefficient (Wildman–Crippen LogP) is 5.91. The summed E-state index contributed by atoms with van der Waals surface area (Å²) in [7, 11) is 0. The van der Waals surface area contributed by atoms with Crippen LogP contribution in [0, 0.1) is 0 Å².